The molecule has 0 bridgehead atoms. The maximum absolute atomic E-state index is 13.2. The van der Waals surface area contributed by atoms with Crippen LogP contribution < -0.4 is 5.32 Å². The van der Waals surface area contributed by atoms with Crippen LogP contribution >= 0.6 is 0 Å². The van der Waals surface area contributed by atoms with Crippen LogP contribution in [-0.4, -0.2) is 37.0 Å². The molecule has 110 valence electrons. The van der Waals surface area contributed by atoms with Crippen LogP contribution in [0.5, 0.6) is 0 Å². The number of carbonyl (C=O) groups is 1. The molecule has 3 nitrogen and oxygen atoms in total. The first-order chi connectivity index (χ1) is 9.61. The molecule has 0 aromatic heterocycles. The third-order valence-electron chi connectivity index (χ3n) is 3.75. The van der Waals surface area contributed by atoms with Gasteiger partial charge < -0.3 is 10.2 Å². The number of hydrogen-bond donors (Lipinski definition) is 1. The third kappa shape index (κ3) is 3.54. The Hall–Kier alpha value is -1.49. The fraction of sp³-hybridized carbons (Fsp3) is 0.533. The topological polar surface area (TPSA) is 32.3 Å². The molecule has 0 atom stereocenters. The Labute approximate surface area is 118 Å². The van der Waals surface area contributed by atoms with Crippen molar-refractivity contribution in [3.63, 3.8) is 0 Å². The van der Waals surface area contributed by atoms with E-state index >= 15 is 0 Å². The van der Waals surface area contributed by atoms with Crippen LogP contribution in [-0.2, 0) is 0 Å². The first-order valence-electron chi connectivity index (χ1n) is 7.07. The number of nitrogens with one attached hydrogen (secondary N) is 1. The van der Waals surface area contributed by atoms with Gasteiger partial charge in [-0.3, -0.25) is 4.79 Å². The van der Waals surface area contributed by atoms with E-state index in [-0.39, 0.29) is 11.5 Å². The number of likely N-dealkylation sites (tertiary alicyclic amines) is 1. The van der Waals surface area contributed by atoms with Crippen LogP contribution in [0.15, 0.2) is 18.2 Å². The van der Waals surface area contributed by atoms with Gasteiger partial charge in [0.25, 0.3) is 5.91 Å². The van der Waals surface area contributed by atoms with Crippen LogP contribution in [0.25, 0.3) is 0 Å². The Morgan fingerprint density at radius 2 is 2.00 bits per heavy atom. The maximum Gasteiger partial charge on any atom is 0.253 e. The number of benzene rings is 1. The van der Waals surface area contributed by atoms with E-state index in [0.29, 0.717) is 19.0 Å². The lowest BCUT2D eigenvalue weighted by Crippen LogP contribution is -2.40. The molecule has 1 amide bonds. The number of rotatable bonds is 4. The molecule has 1 saturated heterocycles. The highest BCUT2D eigenvalue weighted by molar-refractivity contribution is 5.94. The summed E-state index contributed by atoms with van der Waals surface area (Å²) in [4.78, 5) is 13.9. The smallest absolute Gasteiger partial charge is 0.253 e. The second-order valence-corrected chi connectivity index (χ2v) is 5.17. The monoisotopic (exact) mass is 282 g/mol. The van der Waals surface area contributed by atoms with E-state index in [2.05, 4.69) is 12.2 Å². The van der Waals surface area contributed by atoms with Crippen LogP contribution in [0.4, 0.5) is 8.78 Å². The van der Waals surface area contributed by atoms with Crippen molar-refractivity contribution in [2.24, 2.45) is 5.92 Å². The summed E-state index contributed by atoms with van der Waals surface area (Å²) < 4.78 is 26.0. The van der Waals surface area contributed by atoms with Gasteiger partial charge in [0, 0.05) is 18.7 Å². The van der Waals surface area contributed by atoms with Crippen molar-refractivity contribution in [3.05, 3.63) is 35.4 Å². The van der Waals surface area contributed by atoms with Crippen molar-refractivity contribution in [2.75, 3.05) is 26.2 Å². The summed E-state index contributed by atoms with van der Waals surface area (Å²) in [5.74, 6) is -1.53. The molecule has 1 N–H and O–H groups in total. The summed E-state index contributed by atoms with van der Waals surface area (Å²) in [6, 6.07) is 3.31. The molecule has 2 rings (SSSR count). The van der Waals surface area contributed by atoms with Crippen LogP contribution in [0.2, 0.25) is 0 Å². The number of amides is 1. The van der Waals surface area contributed by atoms with Crippen molar-refractivity contribution in [3.8, 4) is 0 Å². The fourth-order valence-corrected chi connectivity index (χ4v) is 2.50. The predicted molar refractivity (Wildman–Crippen MR) is 73.5 cm³/mol. The third-order valence-corrected chi connectivity index (χ3v) is 3.75. The summed E-state index contributed by atoms with van der Waals surface area (Å²) in [5, 5.41) is 3.31. The lowest BCUT2D eigenvalue weighted by atomic mass is 9.96. The van der Waals surface area contributed by atoms with Gasteiger partial charge in [-0.15, -0.1) is 0 Å². The largest absolute Gasteiger partial charge is 0.339 e. The summed E-state index contributed by atoms with van der Waals surface area (Å²) in [7, 11) is 0. The zero-order valence-corrected chi connectivity index (χ0v) is 11.7. The Bertz CT molecular complexity index is 471. The zero-order valence-electron chi connectivity index (χ0n) is 11.7. The normalized spacial score (nSPS) is 16.4. The lowest BCUT2D eigenvalue weighted by molar-refractivity contribution is 0.0689. The maximum atomic E-state index is 13.2. The number of piperidine rings is 1. The SMILES string of the molecule is CCNCC1CCN(C(=O)c2ccc(F)c(F)c2)CC1. The number of carbonyl (C=O) groups excluding carboxylic acids is 1. The standard InChI is InChI=1S/C15H20F2N2O/c1-2-18-10-11-5-7-19(8-6-11)15(20)12-3-4-13(16)14(17)9-12/h3-4,9,11,18H,2,5-8,10H2,1H3. The van der Waals surface area contributed by atoms with Gasteiger partial charge >= 0.3 is 0 Å². The molecular weight excluding hydrogens is 262 g/mol. The fourth-order valence-electron chi connectivity index (χ4n) is 2.50. The summed E-state index contributed by atoms with van der Waals surface area (Å²) in [5.41, 5.74) is 0.217. The van der Waals surface area contributed by atoms with Gasteiger partial charge in [-0.2, -0.15) is 0 Å². The first kappa shape index (κ1) is 14.9. The van der Waals surface area contributed by atoms with E-state index in [1.807, 2.05) is 0 Å². The second kappa shape index (κ2) is 6.79. The molecule has 1 heterocycles. The molecule has 0 radical (unpaired) electrons. The van der Waals surface area contributed by atoms with E-state index in [0.717, 1.165) is 38.1 Å². The highest BCUT2D eigenvalue weighted by atomic mass is 19.2. The Morgan fingerprint density at radius 1 is 1.30 bits per heavy atom. The van der Waals surface area contributed by atoms with Crippen molar-refractivity contribution >= 4 is 5.91 Å². The summed E-state index contributed by atoms with van der Waals surface area (Å²) in [6.45, 7) is 5.35. The number of halogens is 2. The van der Waals surface area contributed by atoms with Crippen LogP contribution in [0.3, 0.4) is 0 Å². The second-order valence-electron chi connectivity index (χ2n) is 5.17. The van der Waals surface area contributed by atoms with Crippen LogP contribution in [0.1, 0.15) is 30.1 Å². The molecule has 20 heavy (non-hydrogen) atoms. The number of nitrogens with zero attached hydrogens (tertiary/aromatic N) is 1. The molecule has 1 aliphatic heterocycles. The average molecular weight is 282 g/mol. The minimum absolute atomic E-state index is 0.217. The number of hydrogen-bond acceptors (Lipinski definition) is 2. The molecule has 1 aliphatic rings. The Balaban J connectivity index is 1.92. The summed E-state index contributed by atoms with van der Waals surface area (Å²) >= 11 is 0. The van der Waals surface area contributed by atoms with Gasteiger partial charge in [0.1, 0.15) is 0 Å². The van der Waals surface area contributed by atoms with E-state index < -0.39 is 11.6 Å². The van der Waals surface area contributed by atoms with Crippen molar-refractivity contribution in [1.82, 2.24) is 10.2 Å². The van der Waals surface area contributed by atoms with Gasteiger partial charge in [-0.25, -0.2) is 8.78 Å². The molecule has 1 aromatic carbocycles. The molecule has 1 aromatic rings. The van der Waals surface area contributed by atoms with Crippen molar-refractivity contribution in [1.29, 1.82) is 0 Å². The Kier molecular flexibility index (Phi) is 5.06. The minimum atomic E-state index is -0.974. The van der Waals surface area contributed by atoms with Gasteiger partial charge in [0.2, 0.25) is 0 Å². The zero-order chi connectivity index (χ0) is 14.5. The minimum Gasteiger partial charge on any atom is -0.339 e. The molecule has 0 spiro atoms. The van der Waals surface area contributed by atoms with E-state index in [1.54, 1.807) is 4.90 Å². The molecule has 0 aliphatic carbocycles. The molecular formula is C15H20F2N2O. The molecule has 0 unspecified atom stereocenters. The Morgan fingerprint density at radius 3 is 2.60 bits per heavy atom. The molecule has 5 heteroatoms. The average Bonchev–Trinajstić information content (AvgIpc) is 2.48. The molecule has 0 saturated carbocycles. The van der Waals surface area contributed by atoms with Crippen molar-refractivity contribution < 1.29 is 13.6 Å². The van der Waals surface area contributed by atoms with Crippen LogP contribution in [0, 0.1) is 17.6 Å². The lowest BCUT2D eigenvalue weighted by Gasteiger charge is -2.32. The van der Waals surface area contributed by atoms with Crippen molar-refractivity contribution in [2.45, 2.75) is 19.8 Å². The van der Waals surface area contributed by atoms with E-state index in [4.69, 9.17) is 0 Å². The summed E-state index contributed by atoms with van der Waals surface area (Å²) in [6.07, 6.45) is 1.89. The van der Waals surface area contributed by atoms with E-state index in [1.165, 1.54) is 6.07 Å². The first-order valence-corrected chi connectivity index (χ1v) is 7.07. The van der Waals surface area contributed by atoms with Gasteiger partial charge in [0.05, 0.1) is 0 Å². The quantitative estimate of drug-likeness (QED) is 0.920. The van der Waals surface area contributed by atoms with Gasteiger partial charge in [-0.1, -0.05) is 6.92 Å². The highest BCUT2D eigenvalue weighted by Crippen LogP contribution is 2.19. The van der Waals surface area contributed by atoms with Gasteiger partial charge in [0.15, 0.2) is 11.6 Å². The van der Waals surface area contributed by atoms with E-state index in [9.17, 15) is 13.6 Å². The predicted octanol–water partition coefficient (Wildman–Crippen LogP) is 2.43. The van der Waals surface area contributed by atoms with Gasteiger partial charge in [-0.05, 0) is 50.0 Å². The highest BCUT2D eigenvalue weighted by Gasteiger charge is 2.23. The molecule has 1 fully saturated rings.